The topological polar surface area (TPSA) is 78.5 Å². The molecule has 110 valence electrons. The summed E-state index contributed by atoms with van der Waals surface area (Å²) in [6.07, 6.45) is 0.694. The minimum atomic E-state index is -2.06. The number of hydrogen-bond donors (Lipinski definition) is 1. The van der Waals surface area contributed by atoms with Gasteiger partial charge in [0.2, 0.25) is 0 Å². The normalized spacial score (nSPS) is 24.1. The van der Waals surface area contributed by atoms with Crippen LogP contribution in [0.5, 0.6) is 0 Å². The fourth-order valence-electron chi connectivity index (χ4n) is 2.50. The van der Waals surface area contributed by atoms with Crippen LogP contribution in [-0.4, -0.2) is 33.9 Å². The number of carbonyl (C=O) groups excluding carboxylic acids is 1. The molecule has 1 heterocycles. The van der Waals surface area contributed by atoms with Gasteiger partial charge in [-0.15, -0.1) is 0 Å². The Morgan fingerprint density at radius 3 is 2.70 bits per heavy atom. The molecule has 5 nitrogen and oxygen atoms in total. The molecule has 1 saturated heterocycles. The van der Waals surface area contributed by atoms with Crippen molar-refractivity contribution in [1.29, 1.82) is 0 Å². The van der Waals surface area contributed by atoms with Crippen molar-refractivity contribution in [1.82, 2.24) is 5.32 Å². The van der Waals surface area contributed by atoms with E-state index in [-0.39, 0.29) is 23.7 Å². The average molecular weight is 296 g/mol. The van der Waals surface area contributed by atoms with E-state index in [1.807, 2.05) is 24.3 Å². The minimum Gasteiger partial charge on any atom is -0.772 e. The van der Waals surface area contributed by atoms with Gasteiger partial charge in [0.1, 0.15) is 6.10 Å². The van der Waals surface area contributed by atoms with Crippen molar-refractivity contribution in [3.8, 4) is 0 Å². The zero-order chi connectivity index (χ0) is 14.5. The van der Waals surface area contributed by atoms with Crippen LogP contribution < -0.4 is 5.32 Å². The molecule has 0 aliphatic carbocycles. The van der Waals surface area contributed by atoms with Crippen LogP contribution in [-0.2, 0) is 26.4 Å². The first-order chi connectivity index (χ1) is 9.54. The quantitative estimate of drug-likeness (QED) is 0.664. The predicted octanol–water partition coefficient (Wildman–Crippen LogP) is 1.07. The summed E-state index contributed by atoms with van der Waals surface area (Å²) in [5.41, 5.74) is 1.91. The van der Waals surface area contributed by atoms with Crippen LogP contribution in [0.2, 0.25) is 0 Å². The van der Waals surface area contributed by atoms with Crippen molar-refractivity contribution in [2.75, 3.05) is 13.1 Å². The first kappa shape index (κ1) is 15.2. The number of carbonyl (C=O) groups is 1. The lowest BCUT2D eigenvalue weighted by molar-refractivity contribution is -0.147. The summed E-state index contributed by atoms with van der Waals surface area (Å²) in [4.78, 5) is 11.0. The van der Waals surface area contributed by atoms with E-state index in [1.165, 1.54) is 6.92 Å². The lowest BCUT2D eigenvalue weighted by Gasteiger charge is -2.29. The van der Waals surface area contributed by atoms with Crippen molar-refractivity contribution < 1.29 is 18.3 Å². The molecular formula is C14H18NO4S-. The summed E-state index contributed by atoms with van der Waals surface area (Å²) in [6.45, 7) is 2.94. The van der Waals surface area contributed by atoms with Gasteiger partial charge in [0.05, 0.1) is 0 Å². The molecule has 6 heteroatoms. The highest BCUT2D eigenvalue weighted by atomic mass is 32.2. The number of piperidine rings is 1. The molecular weight excluding hydrogens is 278 g/mol. The zero-order valence-electron chi connectivity index (χ0n) is 11.3. The van der Waals surface area contributed by atoms with Gasteiger partial charge < -0.3 is 14.6 Å². The van der Waals surface area contributed by atoms with Gasteiger partial charge in [-0.2, -0.15) is 0 Å². The summed E-state index contributed by atoms with van der Waals surface area (Å²) >= 11 is -2.06. The smallest absolute Gasteiger partial charge is 0.302 e. The van der Waals surface area contributed by atoms with Gasteiger partial charge in [0.25, 0.3) is 0 Å². The monoisotopic (exact) mass is 296 g/mol. The van der Waals surface area contributed by atoms with Gasteiger partial charge in [-0.1, -0.05) is 35.3 Å². The summed E-state index contributed by atoms with van der Waals surface area (Å²) in [7, 11) is 0. The number of esters is 1. The molecule has 1 N–H and O–H groups in total. The van der Waals surface area contributed by atoms with Gasteiger partial charge in [-0.05, 0) is 23.5 Å². The second kappa shape index (κ2) is 6.97. The molecule has 3 atom stereocenters. The molecule has 1 aliphatic rings. The van der Waals surface area contributed by atoms with Gasteiger partial charge in [-0.25, -0.2) is 0 Å². The fraction of sp³-hybridized carbons (Fsp3) is 0.500. The molecule has 0 spiro atoms. The molecule has 3 unspecified atom stereocenters. The van der Waals surface area contributed by atoms with E-state index in [4.69, 9.17) is 4.74 Å². The van der Waals surface area contributed by atoms with E-state index >= 15 is 0 Å². The molecule has 2 rings (SSSR count). The molecule has 1 fully saturated rings. The Labute approximate surface area is 121 Å². The van der Waals surface area contributed by atoms with Gasteiger partial charge in [0, 0.05) is 25.8 Å². The predicted molar refractivity (Wildman–Crippen MR) is 74.8 cm³/mol. The van der Waals surface area contributed by atoms with Gasteiger partial charge >= 0.3 is 5.97 Å². The van der Waals surface area contributed by atoms with Crippen molar-refractivity contribution in [3.63, 3.8) is 0 Å². The maximum absolute atomic E-state index is 11.0. The number of benzene rings is 1. The highest BCUT2D eigenvalue weighted by molar-refractivity contribution is 7.78. The summed E-state index contributed by atoms with van der Waals surface area (Å²) in [5, 5.41) is 3.26. The number of ether oxygens (including phenoxy) is 1. The van der Waals surface area contributed by atoms with E-state index < -0.39 is 11.1 Å². The van der Waals surface area contributed by atoms with Crippen molar-refractivity contribution in [3.05, 3.63) is 35.4 Å². The molecule has 1 aromatic carbocycles. The fourth-order valence-corrected chi connectivity index (χ4v) is 2.97. The Morgan fingerprint density at radius 1 is 1.40 bits per heavy atom. The van der Waals surface area contributed by atoms with Crippen molar-refractivity contribution >= 4 is 17.0 Å². The zero-order valence-corrected chi connectivity index (χ0v) is 12.2. The SMILES string of the molecule is CC(=O)OC1CNCC(c2ccc(CS(=O)[O-])cc2)C1. The maximum atomic E-state index is 11.0. The van der Waals surface area contributed by atoms with Crippen molar-refractivity contribution in [2.24, 2.45) is 0 Å². The van der Waals surface area contributed by atoms with Gasteiger partial charge in [0.15, 0.2) is 0 Å². The number of nitrogens with one attached hydrogen (secondary N) is 1. The third-order valence-electron chi connectivity index (χ3n) is 3.38. The van der Waals surface area contributed by atoms with E-state index in [2.05, 4.69) is 5.32 Å². The first-order valence-corrected chi connectivity index (χ1v) is 7.81. The lowest BCUT2D eigenvalue weighted by Crippen LogP contribution is -2.40. The molecule has 0 bridgehead atoms. The lowest BCUT2D eigenvalue weighted by atomic mass is 9.90. The summed E-state index contributed by atoms with van der Waals surface area (Å²) in [5.74, 6) is 0.0600. The summed E-state index contributed by atoms with van der Waals surface area (Å²) in [6, 6.07) is 7.57. The second-order valence-electron chi connectivity index (χ2n) is 5.01. The van der Waals surface area contributed by atoms with Crippen LogP contribution in [0.3, 0.4) is 0 Å². The largest absolute Gasteiger partial charge is 0.772 e. The van der Waals surface area contributed by atoms with E-state index in [1.54, 1.807) is 0 Å². The molecule has 1 aliphatic heterocycles. The average Bonchev–Trinajstić information content (AvgIpc) is 2.38. The Bertz CT molecular complexity index is 488. The van der Waals surface area contributed by atoms with Crippen LogP contribution >= 0.6 is 0 Å². The first-order valence-electron chi connectivity index (χ1n) is 6.57. The molecule has 0 amide bonds. The van der Waals surface area contributed by atoms with E-state index in [9.17, 15) is 13.6 Å². The Balaban J connectivity index is 1.99. The third kappa shape index (κ3) is 4.40. The van der Waals surface area contributed by atoms with Crippen LogP contribution in [0.4, 0.5) is 0 Å². The molecule has 0 aromatic heterocycles. The Kier molecular flexibility index (Phi) is 5.28. The van der Waals surface area contributed by atoms with Crippen LogP contribution in [0.25, 0.3) is 0 Å². The van der Waals surface area contributed by atoms with Gasteiger partial charge in [-0.3, -0.25) is 9.00 Å². The molecule has 20 heavy (non-hydrogen) atoms. The highest BCUT2D eigenvalue weighted by Gasteiger charge is 2.24. The Hall–Kier alpha value is -1.24. The highest BCUT2D eigenvalue weighted by Crippen LogP contribution is 2.25. The standard InChI is InChI=1S/C14H19NO4S/c1-10(16)19-14-6-13(7-15-8-14)12-4-2-11(3-5-12)9-20(17)18/h2-5,13-15H,6-9H2,1H3,(H,17,18)/p-1. The maximum Gasteiger partial charge on any atom is 0.302 e. The van der Waals surface area contributed by atoms with E-state index in [0.29, 0.717) is 6.54 Å². The minimum absolute atomic E-state index is 0.0409. The Morgan fingerprint density at radius 2 is 2.10 bits per heavy atom. The third-order valence-corrected chi connectivity index (χ3v) is 3.95. The van der Waals surface area contributed by atoms with Crippen LogP contribution in [0.1, 0.15) is 30.4 Å². The molecule has 0 radical (unpaired) electrons. The summed E-state index contributed by atoms with van der Waals surface area (Å²) < 4.78 is 26.5. The second-order valence-corrected chi connectivity index (χ2v) is 5.91. The van der Waals surface area contributed by atoms with Crippen molar-refractivity contribution in [2.45, 2.75) is 31.1 Å². The molecule has 1 aromatic rings. The van der Waals surface area contributed by atoms with Crippen LogP contribution in [0, 0.1) is 0 Å². The molecule has 0 saturated carbocycles. The van der Waals surface area contributed by atoms with E-state index in [0.717, 1.165) is 24.1 Å². The number of rotatable bonds is 4. The van der Waals surface area contributed by atoms with Crippen LogP contribution in [0.15, 0.2) is 24.3 Å². The number of hydrogen-bond acceptors (Lipinski definition) is 5.